The third-order valence-electron chi connectivity index (χ3n) is 6.22. The highest BCUT2D eigenvalue weighted by molar-refractivity contribution is 5.84. The van der Waals surface area contributed by atoms with Gasteiger partial charge in [0.15, 0.2) is 0 Å². The summed E-state index contributed by atoms with van der Waals surface area (Å²) in [5, 5.41) is 15.2. The Bertz CT molecular complexity index is 1660. The first-order chi connectivity index (χ1) is 18.5. The predicted octanol–water partition coefficient (Wildman–Crippen LogP) is 4.17. The Kier molecular flexibility index (Phi) is 6.68. The number of imidazole rings is 1. The average molecular weight is 537 g/mol. The van der Waals surface area contributed by atoms with E-state index in [1.54, 1.807) is 32.9 Å². The van der Waals surface area contributed by atoms with Gasteiger partial charge in [-0.25, -0.2) is 23.2 Å². The van der Waals surface area contributed by atoms with Crippen LogP contribution in [-0.4, -0.2) is 62.5 Å². The number of hydrogen-bond acceptors (Lipinski definition) is 7. The molecule has 0 spiro atoms. The molecule has 39 heavy (non-hydrogen) atoms. The molecule has 0 saturated carbocycles. The zero-order valence-electron chi connectivity index (χ0n) is 21.6. The van der Waals surface area contributed by atoms with Crippen LogP contribution >= 0.6 is 0 Å². The van der Waals surface area contributed by atoms with Crippen molar-refractivity contribution in [2.75, 3.05) is 19.7 Å². The van der Waals surface area contributed by atoms with E-state index >= 15 is 0 Å². The maximum atomic E-state index is 13.3. The minimum atomic E-state index is -2.68. The third kappa shape index (κ3) is 5.38. The van der Waals surface area contributed by atoms with E-state index in [1.807, 2.05) is 18.2 Å². The van der Waals surface area contributed by atoms with Crippen LogP contribution in [0.15, 0.2) is 41.2 Å². The smallest absolute Gasteiger partial charge is 0.410 e. The summed E-state index contributed by atoms with van der Waals surface area (Å²) >= 11 is 0. The normalized spacial score (nSPS) is 14.0. The molecule has 10 nitrogen and oxygen atoms in total. The molecule has 0 atom stereocenters. The Morgan fingerprint density at radius 3 is 2.62 bits per heavy atom. The standard InChI is InChI=1S/C27H26F2N6O4/c1-27(2,3)39-26(37)34-12-16(13-34)35-25(36)18-7-5-4-6-17(18)19(33-35)10-24-31-20-8-15(11-30)22(9-21(20)32-24)38-14-23(28)29/h4-9,16,23H,10,12-14H2,1-3H3,(H,31,32). The van der Waals surface area contributed by atoms with Gasteiger partial charge in [-0.15, -0.1) is 0 Å². The van der Waals surface area contributed by atoms with Crippen LogP contribution in [0.4, 0.5) is 13.6 Å². The van der Waals surface area contributed by atoms with Gasteiger partial charge in [-0.2, -0.15) is 10.4 Å². The van der Waals surface area contributed by atoms with E-state index in [0.717, 1.165) is 0 Å². The van der Waals surface area contributed by atoms with Crippen LogP contribution in [0.3, 0.4) is 0 Å². The van der Waals surface area contributed by atoms with Crippen molar-refractivity contribution in [1.29, 1.82) is 5.26 Å². The van der Waals surface area contributed by atoms with Gasteiger partial charge in [0.1, 0.15) is 29.9 Å². The van der Waals surface area contributed by atoms with E-state index in [9.17, 15) is 23.6 Å². The highest BCUT2D eigenvalue weighted by Crippen LogP contribution is 2.27. The molecule has 2 aromatic carbocycles. The number of fused-ring (bicyclic) bond motifs is 2. The monoisotopic (exact) mass is 536 g/mol. The lowest BCUT2D eigenvalue weighted by Crippen LogP contribution is -2.54. The number of benzene rings is 2. The zero-order chi connectivity index (χ0) is 27.9. The van der Waals surface area contributed by atoms with E-state index < -0.39 is 24.7 Å². The van der Waals surface area contributed by atoms with Crippen molar-refractivity contribution >= 4 is 27.9 Å². The number of carbonyl (C=O) groups excluding carboxylic acids is 1. The second-order valence-electron chi connectivity index (χ2n) is 10.3. The number of rotatable bonds is 6. The SMILES string of the molecule is CC(C)(C)OC(=O)N1CC(n2nc(Cc3nc4cc(OCC(F)F)c(C#N)cc4[nH]3)c3ccccc3c2=O)C1. The van der Waals surface area contributed by atoms with Gasteiger partial charge in [-0.1, -0.05) is 18.2 Å². The summed E-state index contributed by atoms with van der Waals surface area (Å²) in [6.45, 7) is 5.13. The lowest BCUT2D eigenvalue weighted by Gasteiger charge is -2.39. The third-order valence-corrected chi connectivity index (χ3v) is 6.22. The van der Waals surface area contributed by atoms with E-state index in [1.165, 1.54) is 21.7 Å². The van der Waals surface area contributed by atoms with Gasteiger partial charge in [0.05, 0.1) is 40.1 Å². The van der Waals surface area contributed by atoms with Gasteiger partial charge >= 0.3 is 6.09 Å². The van der Waals surface area contributed by atoms with Crippen LogP contribution in [-0.2, 0) is 11.2 Å². The summed E-state index contributed by atoms with van der Waals surface area (Å²) in [5.74, 6) is 0.534. The van der Waals surface area contributed by atoms with Gasteiger partial charge < -0.3 is 19.4 Å². The molecule has 3 heterocycles. The molecule has 1 N–H and O–H groups in total. The quantitative estimate of drug-likeness (QED) is 0.392. The zero-order valence-corrected chi connectivity index (χ0v) is 21.6. The van der Waals surface area contributed by atoms with Crippen molar-refractivity contribution in [3.63, 3.8) is 0 Å². The Labute approximate surface area is 221 Å². The van der Waals surface area contributed by atoms with Crippen LogP contribution in [0.1, 0.15) is 43.9 Å². The van der Waals surface area contributed by atoms with Crippen molar-refractivity contribution in [3.8, 4) is 11.8 Å². The summed E-state index contributed by atoms with van der Waals surface area (Å²) in [7, 11) is 0. The molecule has 12 heteroatoms. The lowest BCUT2D eigenvalue weighted by molar-refractivity contribution is -0.00101. The molecule has 0 bridgehead atoms. The van der Waals surface area contributed by atoms with Gasteiger partial charge in [0.25, 0.3) is 12.0 Å². The highest BCUT2D eigenvalue weighted by atomic mass is 19.3. The first-order valence-electron chi connectivity index (χ1n) is 12.3. The molecule has 0 radical (unpaired) electrons. The fraction of sp³-hybridized carbons (Fsp3) is 0.370. The number of hydrogen-bond donors (Lipinski definition) is 1. The van der Waals surface area contributed by atoms with Crippen molar-refractivity contribution in [3.05, 3.63) is 63.8 Å². The fourth-order valence-corrected chi connectivity index (χ4v) is 4.43. The fourth-order valence-electron chi connectivity index (χ4n) is 4.43. The Hall–Kier alpha value is -4.53. The van der Waals surface area contributed by atoms with Crippen LogP contribution in [0, 0.1) is 11.3 Å². The van der Waals surface area contributed by atoms with Crippen LogP contribution < -0.4 is 10.3 Å². The summed E-state index contributed by atoms with van der Waals surface area (Å²) in [4.78, 5) is 34.9. The number of nitrogens with one attached hydrogen (secondary N) is 1. The maximum absolute atomic E-state index is 13.3. The molecular weight excluding hydrogens is 510 g/mol. The lowest BCUT2D eigenvalue weighted by atomic mass is 10.1. The van der Waals surface area contributed by atoms with E-state index in [2.05, 4.69) is 15.1 Å². The summed E-state index contributed by atoms with van der Waals surface area (Å²) in [5.41, 5.74) is 0.800. The highest BCUT2D eigenvalue weighted by Gasteiger charge is 2.36. The number of halogens is 2. The Balaban J connectivity index is 1.45. The Morgan fingerprint density at radius 2 is 1.95 bits per heavy atom. The van der Waals surface area contributed by atoms with Crippen LogP contribution in [0.2, 0.25) is 0 Å². The molecule has 0 aliphatic carbocycles. The predicted molar refractivity (Wildman–Crippen MR) is 138 cm³/mol. The van der Waals surface area contributed by atoms with E-state index in [-0.39, 0.29) is 29.3 Å². The van der Waals surface area contributed by atoms with E-state index in [0.29, 0.717) is 46.4 Å². The molecule has 1 fully saturated rings. The van der Waals surface area contributed by atoms with Crippen LogP contribution in [0.5, 0.6) is 5.75 Å². The second kappa shape index (κ2) is 9.98. The van der Waals surface area contributed by atoms with Gasteiger partial charge in [0, 0.05) is 24.5 Å². The summed E-state index contributed by atoms with van der Waals surface area (Å²) in [6, 6.07) is 11.7. The molecule has 2 aromatic heterocycles. The summed E-state index contributed by atoms with van der Waals surface area (Å²) in [6.07, 6.45) is -2.89. The molecule has 5 rings (SSSR count). The second-order valence-corrected chi connectivity index (χ2v) is 10.3. The minimum Gasteiger partial charge on any atom is -0.486 e. The number of H-pyrrole nitrogens is 1. The van der Waals surface area contributed by atoms with Crippen molar-refractivity contribution in [1.82, 2.24) is 24.6 Å². The average Bonchev–Trinajstić information content (AvgIpc) is 3.23. The number of ether oxygens (including phenoxy) is 2. The molecule has 1 aliphatic heterocycles. The first-order valence-corrected chi connectivity index (χ1v) is 12.3. The van der Waals surface area contributed by atoms with Crippen molar-refractivity contribution in [2.45, 2.75) is 45.3 Å². The van der Waals surface area contributed by atoms with Gasteiger partial charge in [-0.3, -0.25) is 4.79 Å². The number of likely N-dealkylation sites (tertiary alicyclic amines) is 1. The van der Waals surface area contributed by atoms with Crippen molar-refractivity contribution < 1.29 is 23.0 Å². The summed E-state index contributed by atoms with van der Waals surface area (Å²) < 4.78 is 37.2. The van der Waals surface area contributed by atoms with Crippen molar-refractivity contribution in [2.24, 2.45) is 0 Å². The first kappa shape index (κ1) is 26.1. The molecule has 1 amide bonds. The number of amides is 1. The molecule has 4 aromatic rings. The van der Waals surface area contributed by atoms with Gasteiger partial charge in [0.2, 0.25) is 0 Å². The number of carbonyl (C=O) groups is 1. The number of aromatic nitrogens is 4. The Morgan fingerprint density at radius 1 is 1.23 bits per heavy atom. The van der Waals surface area contributed by atoms with Gasteiger partial charge in [-0.05, 0) is 32.9 Å². The number of nitrogens with zero attached hydrogens (tertiary/aromatic N) is 5. The molecule has 1 aliphatic rings. The molecular formula is C27H26F2N6O4. The number of alkyl halides is 2. The number of aromatic amines is 1. The molecule has 0 unspecified atom stereocenters. The minimum absolute atomic E-state index is 0.0278. The largest absolute Gasteiger partial charge is 0.486 e. The maximum Gasteiger partial charge on any atom is 0.410 e. The molecule has 1 saturated heterocycles. The topological polar surface area (TPSA) is 126 Å². The number of nitriles is 1. The molecule has 202 valence electrons. The van der Waals surface area contributed by atoms with E-state index in [4.69, 9.17) is 9.47 Å². The van der Waals surface area contributed by atoms with Crippen LogP contribution in [0.25, 0.3) is 21.8 Å².